The number of amides is 1. The summed E-state index contributed by atoms with van der Waals surface area (Å²) in [6.07, 6.45) is 1.94. The summed E-state index contributed by atoms with van der Waals surface area (Å²) in [7, 11) is 0. The number of benzene rings is 2. The van der Waals surface area contributed by atoms with Gasteiger partial charge in [-0.1, -0.05) is 42.5 Å². The SMILES string of the molecule is O=C(COc1ccc(-c2ccccc2)cc1)N1CCCC(CO)C1. The summed E-state index contributed by atoms with van der Waals surface area (Å²) in [4.78, 5) is 14.0. The van der Waals surface area contributed by atoms with Crippen molar-refractivity contribution in [3.8, 4) is 16.9 Å². The van der Waals surface area contributed by atoms with Crippen LogP contribution in [0, 0.1) is 5.92 Å². The van der Waals surface area contributed by atoms with Gasteiger partial charge in [-0.15, -0.1) is 0 Å². The zero-order chi connectivity index (χ0) is 16.8. The van der Waals surface area contributed by atoms with Crippen LogP contribution in [-0.2, 0) is 4.79 Å². The fraction of sp³-hybridized carbons (Fsp3) is 0.350. The number of aliphatic hydroxyl groups excluding tert-OH is 1. The summed E-state index contributed by atoms with van der Waals surface area (Å²) in [6.45, 7) is 1.58. The number of ether oxygens (including phenoxy) is 1. The molecule has 1 aliphatic rings. The highest BCUT2D eigenvalue weighted by Gasteiger charge is 2.23. The Bertz CT molecular complexity index is 654. The Labute approximate surface area is 142 Å². The first kappa shape index (κ1) is 16.5. The number of carbonyl (C=O) groups excluding carboxylic acids is 1. The molecule has 1 N–H and O–H groups in total. The number of aliphatic hydroxyl groups is 1. The van der Waals surface area contributed by atoms with Gasteiger partial charge in [0.25, 0.3) is 5.91 Å². The lowest BCUT2D eigenvalue weighted by molar-refractivity contribution is -0.135. The van der Waals surface area contributed by atoms with E-state index in [2.05, 4.69) is 12.1 Å². The van der Waals surface area contributed by atoms with E-state index < -0.39 is 0 Å². The molecule has 1 amide bonds. The van der Waals surface area contributed by atoms with E-state index in [1.54, 1.807) is 4.90 Å². The lowest BCUT2D eigenvalue weighted by Crippen LogP contribution is -2.43. The number of rotatable bonds is 5. The number of hydrogen-bond acceptors (Lipinski definition) is 3. The highest BCUT2D eigenvalue weighted by molar-refractivity contribution is 5.78. The summed E-state index contributed by atoms with van der Waals surface area (Å²) < 4.78 is 5.63. The van der Waals surface area contributed by atoms with Crippen molar-refractivity contribution in [2.75, 3.05) is 26.3 Å². The Hall–Kier alpha value is -2.33. The molecule has 3 rings (SSSR count). The molecule has 0 spiro atoms. The van der Waals surface area contributed by atoms with Gasteiger partial charge in [-0.05, 0) is 42.0 Å². The van der Waals surface area contributed by atoms with E-state index in [-0.39, 0.29) is 25.0 Å². The van der Waals surface area contributed by atoms with Crippen molar-refractivity contribution >= 4 is 5.91 Å². The number of carbonyl (C=O) groups is 1. The van der Waals surface area contributed by atoms with Gasteiger partial charge in [-0.2, -0.15) is 0 Å². The van der Waals surface area contributed by atoms with E-state index in [1.165, 1.54) is 0 Å². The molecule has 4 nitrogen and oxygen atoms in total. The van der Waals surface area contributed by atoms with Crippen molar-refractivity contribution in [2.24, 2.45) is 5.92 Å². The molecule has 1 unspecified atom stereocenters. The van der Waals surface area contributed by atoms with E-state index in [0.717, 1.165) is 30.5 Å². The smallest absolute Gasteiger partial charge is 0.260 e. The minimum absolute atomic E-state index is 0.0136. The maximum atomic E-state index is 12.2. The number of hydrogen-bond donors (Lipinski definition) is 1. The van der Waals surface area contributed by atoms with Gasteiger partial charge in [-0.25, -0.2) is 0 Å². The molecule has 1 saturated heterocycles. The normalized spacial score (nSPS) is 17.5. The zero-order valence-electron chi connectivity index (χ0n) is 13.7. The van der Waals surface area contributed by atoms with Crippen molar-refractivity contribution in [3.63, 3.8) is 0 Å². The van der Waals surface area contributed by atoms with Gasteiger partial charge in [0.1, 0.15) is 5.75 Å². The molecule has 0 bridgehead atoms. The molecular formula is C20H23NO3. The van der Waals surface area contributed by atoms with Gasteiger partial charge in [-0.3, -0.25) is 4.79 Å². The standard InChI is InChI=1S/C20H23NO3/c22-14-16-5-4-12-21(13-16)20(23)15-24-19-10-8-18(9-11-19)17-6-2-1-3-7-17/h1-3,6-11,16,22H,4-5,12-15H2. The molecule has 1 atom stereocenters. The molecule has 4 heteroatoms. The monoisotopic (exact) mass is 325 g/mol. The van der Waals surface area contributed by atoms with Crippen molar-refractivity contribution < 1.29 is 14.6 Å². The van der Waals surface area contributed by atoms with Crippen molar-refractivity contribution in [3.05, 3.63) is 54.6 Å². The first-order valence-corrected chi connectivity index (χ1v) is 8.43. The van der Waals surface area contributed by atoms with Crippen LogP contribution in [0.15, 0.2) is 54.6 Å². The Balaban J connectivity index is 1.54. The molecule has 24 heavy (non-hydrogen) atoms. The first-order valence-electron chi connectivity index (χ1n) is 8.43. The molecule has 0 saturated carbocycles. The quantitative estimate of drug-likeness (QED) is 0.919. The van der Waals surface area contributed by atoms with Gasteiger partial charge in [0.05, 0.1) is 0 Å². The summed E-state index contributed by atoms with van der Waals surface area (Å²) in [5, 5.41) is 9.25. The lowest BCUT2D eigenvalue weighted by Gasteiger charge is -2.31. The third-order valence-electron chi connectivity index (χ3n) is 4.45. The maximum absolute atomic E-state index is 12.2. The largest absolute Gasteiger partial charge is 0.484 e. The van der Waals surface area contributed by atoms with E-state index in [0.29, 0.717) is 12.3 Å². The molecule has 1 aliphatic heterocycles. The summed E-state index contributed by atoms with van der Waals surface area (Å²) >= 11 is 0. The summed E-state index contributed by atoms with van der Waals surface area (Å²) in [5.74, 6) is 0.881. The van der Waals surface area contributed by atoms with Crippen molar-refractivity contribution in [1.82, 2.24) is 4.90 Å². The van der Waals surface area contributed by atoms with Crippen LogP contribution in [0.2, 0.25) is 0 Å². The van der Waals surface area contributed by atoms with Gasteiger partial charge in [0.15, 0.2) is 6.61 Å². The third kappa shape index (κ3) is 4.15. The molecule has 126 valence electrons. The molecule has 0 aliphatic carbocycles. The van der Waals surface area contributed by atoms with Crippen molar-refractivity contribution in [2.45, 2.75) is 12.8 Å². The third-order valence-corrected chi connectivity index (χ3v) is 4.45. The second-order valence-corrected chi connectivity index (χ2v) is 6.21. The molecule has 0 radical (unpaired) electrons. The van der Waals surface area contributed by atoms with Crippen molar-refractivity contribution in [1.29, 1.82) is 0 Å². The van der Waals surface area contributed by atoms with Crippen LogP contribution >= 0.6 is 0 Å². The van der Waals surface area contributed by atoms with E-state index in [9.17, 15) is 9.90 Å². The number of piperidine rings is 1. The Morgan fingerprint density at radius 3 is 2.50 bits per heavy atom. The Kier molecular flexibility index (Phi) is 5.49. The van der Waals surface area contributed by atoms with E-state index in [4.69, 9.17) is 4.74 Å². The average Bonchev–Trinajstić information content (AvgIpc) is 2.67. The predicted octanol–water partition coefficient (Wildman–Crippen LogP) is 2.96. The number of nitrogens with zero attached hydrogens (tertiary/aromatic N) is 1. The zero-order valence-corrected chi connectivity index (χ0v) is 13.7. The van der Waals surface area contributed by atoms with Crippen LogP contribution in [0.1, 0.15) is 12.8 Å². The predicted molar refractivity (Wildman–Crippen MR) is 93.8 cm³/mol. The molecular weight excluding hydrogens is 302 g/mol. The van der Waals surface area contributed by atoms with Crippen LogP contribution < -0.4 is 4.74 Å². The summed E-state index contributed by atoms with van der Waals surface area (Å²) in [5.41, 5.74) is 2.28. The van der Waals surface area contributed by atoms with Crippen LogP contribution in [0.3, 0.4) is 0 Å². The van der Waals surface area contributed by atoms with E-state index in [1.807, 2.05) is 42.5 Å². The average molecular weight is 325 g/mol. The van der Waals surface area contributed by atoms with Crippen LogP contribution in [0.5, 0.6) is 5.75 Å². The van der Waals surface area contributed by atoms with Gasteiger partial charge < -0.3 is 14.7 Å². The van der Waals surface area contributed by atoms with Gasteiger partial charge in [0.2, 0.25) is 0 Å². The van der Waals surface area contributed by atoms with Crippen LogP contribution in [0.25, 0.3) is 11.1 Å². The molecule has 1 fully saturated rings. The second kappa shape index (κ2) is 7.97. The van der Waals surface area contributed by atoms with Gasteiger partial charge >= 0.3 is 0 Å². The Morgan fingerprint density at radius 2 is 1.79 bits per heavy atom. The van der Waals surface area contributed by atoms with Gasteiger partial charge in [0, 0.05) is 19.7 Å². The highest BCUT2D eigenvalue weighted by Crippen LogP contribution is 2.22. The Morgan fingerprint density at radius 1 is 1.08 bits per heavy atom. The first-order chi connectivity index (χ1) is 11.8. The fourth-order valence-corrected chi connectivity index (χ4v) is 3.05. The van der Waals surface area contributed by atoms with Crippen LogP contribution in [0.4, 0.5) is 0 Å². The highest BCUT2D eigenvalue weighted by atomic mass is 16.5. The topological polar surface area (TPSA) is 49.8 Å². The second-order valence-electron chi connectivity index (χ2n) is 6.21. The molecule has 2 aromatic rings. The molecule has 2 aromatic carbocycles. The molecule has 1 heterocycles. The van der Waals surface area contributed by atoms with Crippen LogP contribution in [-0.4, -0.2) is 42.2 Å². The maximum Gasteiger partial charge on any atom is 0.260 e. The fourth-order valence-electron chi connectivity index (χ4n) is 3.05. The molecule has 0 aromatic heterocycles. The minimum Gasteiger partial charge on any atom is -0.484 e. The number of likely N-dealkylation sites (tertiary alicyclic amines) is 1. The van der Waals surface area contributed by atoms with E-state index >= 15 is 0 Å². The minimum atomic E-state index is -0.0136. The lowest BCUT2D eigenvalue weighted by atomic mass is 9.99. The summed E-state index contributed by atoms with van der Waals surface area (Å²) in [6, 6.07) is 17.9.